The number of hydrogen-bond donors (Lipinski definition) is 2. The SMILES string of the molecule is CCC[C@@H](NC(=O)N1C(=O)C(CC)(CC)C1Oc1ccc(C(=O)O)cc1)c1ccc(C(F)(F)F)cc1. The molecular weight excluding hydrogens is 477 g/mol. The molecule has 1 fully saturated rings. The maximum absolute atomic E-state index is 13.2. The van der Waals surface area contributed by atoms with Crippen molar-refractivity contribution in [3.8, 4) is 5.75 Å². The Labute approximate surface area is 207 Å². The summed E-state index contributed by atoms with van der Waals surface area (Å²) in [5, 5.41) is 11.9. The number of imide groups is 1. The summed E-state index contributed by atoms with van der Waals surface area (Å²) in [6.07, 6.45) is -3.46. The average Bonchev–Trinajstić information content (AvgIpc) is 2.84. The van der Waals surface area contributed by atoms with Gasteiger partial charge < -0.3 is 15.2 Å². The maximum Gasteiger partial charge on any atom is 0.416 e. The number of ether oxygens (including phenoxy) is 1. The number of nitrogens with zero attached hydrogens (tertiary/aromatic N) is 1. The van der Waals surface area contributed by atoms with E-state index in [0.717, 1.165) is 17.0 Å². The van der Waals surface area contributed by atoms with Gasteiger partial charge in [-0.25, -0.2) is 14.5 Å². The van der Waals surface area contributed by atoms with Crippen LogP contribution < -0.4 is 10.1 Å². The van der Waals surface area contributed by atoms with Crippen LogP contribution >= 0.6 is 0 Å². The number of urea groups is 1. The first-order valence-corrected chi connectivity index (χ1v) is 11.8. The van der Waals surface area contributed by atoms with E-state index in [1.165, 1.54) is 36.4 Å². The topological polar surface area (TPSA) is 95.9 Å². The second-order valence-electron chi connectivity index (χ2n) is 8.75. The molecule has 1 aliphatic heterocycles. The van der Waals surface area contributed by atoms with Crippen LogP contribution in [0.1, 0.15) is 74.0 Å². The zero-order valence-electron chi connectivity index (χ0n) is 20.3. The lowest BCUT2D eigenvalue weighted by Gasteiger charge is -2.53. The number of halogens is 3. The first-order chi connectivity index (χ1) is 17.0. The number of aromatic carboxylic acids is 1. The van der Waals surface area contributed by atoms with Crippen molar-refractivity contribution in [1.29, 1.82) is 0 Å². The third-order valence-electron chi connectivity index (χ3n) is 6.70. The molecule has 1 heterocycles. The Balaban J connectivity index is 1.83. The van der Waals surface area contributed by atoms with Crippen LogP contribution in [0.4, 0.5) is 18.0 Å². The molecule has 2 aromatic rings. The number of carbonyl (C=O) groups is 3. The highest BCUT2D eigenvalue weighted by molar-refractivity contribution is 6.03. The van der Waals surface area contributed by atoms with Gasteiger partial charge in [0.2, 0.25) is 5.91 Å². The Bertz CT molecular complexity index is 1100. The summed E-state index contributed by atoms with van der Waals surface area (Å²) < 4.78 is 44.9. The minimum Gasteiger partial charge on any atom is -0.478 e. The van der Waals surface area contributed by atoms with Crippen LogP contribution in [0.15, 0.2) is 48.5 Å². The van der Waals surface area contributed by atoms with Crippen LogP contribution in [0.25, 0.3) is 0 Å². The number of likely N-dealkylation sites (tertiary alicyclic amines) is 1. The van der Waals surface area contributed by atoms with Gasteiger partial charge in [-0.15, -0.1) is 0 Å². The van der Waals surface area contributed by atoms with E-state index in [2.05, 4.69) is 5.32 Å². The molecule has 36 heavy (non-hydrogen) atoms. The Morgan fingerprint density at radius 2 is 1.64 bits per heavy atom. The standard InChI is InChI=1S/C26H29F3N2O5/c1-4-7-20(16-8-12-18(13-9-16)26(27,28)29)30-24(35)31-22(34)25(5-2,6-3)23(31)36-19-14-10-17(11-15-19)21(32)33/h8-15,20,23H,4-7H2,1-3H3,(H,30,35)(H,32,33)/t20-,23?/m1/s1. The molecule has 7 nitrogen and oxygen atoms in total. The predicted octanol–water partition coefficient (Wildman–Crippen LogP) is 6.01. The van der Waals surface area contributed by atoms with Gasteiger partial charge in [0.15, 0.2) is 6.23 Å². The number of carboxylic acids is 1. The molecular formula is C26H29F3N2O5. The van der Waals surface area contributed by atoms with Crippen molar-refractivity contribution in [2.75, 3.05) is 0 Å². The molecule has 0 saturated carbocycles. The molecule has 10 heteroatoms. The molecule has 2 N–H and O–H groups in total. The molecule has 3 rings (SSSR count). The van der Waals surface area contributed by atoms with Crippen molar-refractivity contribution in [3.05, 3.63) is 65.2 Å². The summed E-state index contributed by atoms with van der Waals surface area (Å²) in [5.41, 5.74) is -1.16. The van der Waals surface area contributed by atoms with E-state index in [1.807, 2.05) is 20.8 Å². The number of amides is 3. The first-order valence-electron chi connectivity index (χ1n) is 11.8. The molecule has 0 radical (unpaired) electrons. The maximum atomic E-state index is 13.2. The van der Waals surface area contributed by atoms with Gasteiger partial charge in [-0.05, 0) is 61.2 Å². The van der Waals surface area contributed by atoms with E-state index in [9.17, 15) is 27.6 Å². The van der Waals surface area contributed by atoms with Gasteiger partial charge >= 0.3 is 18.2 Å². The molecule has 3 amide bonds. The molecule has 1 saturated heterocycles. The molecule has 1 aliphatic rings. The molecule has 0 aromatic heterocycles. The van der Waals surface area contributed by atoms with E-state index in [0.29, 0.717) is 37.0 Å². The molecule has 194 valence electrons. The number of alkyl halides is 3. The van der Waals surface area contributed by atoms with Crippen LogP contribution in [0, 0.1) is 5.41 Å². The van der Waals surface area contributed by atoms with Gasteiger partial charge in [0.1, 0.15) is 11.2 Å². The minimum atomic E-state index is -4.47. The molecule has 0 bridgehead atoms. The monoisotopic (exact) mass is 506 g/mol. The summed E-state index contributed by atoms with van der Waals surface area (Å²) in [4.78, 5) is 38.5. The normalized spacial score (nSPS) is 17.8. The summed E-state index contributed by atoms with van der Waals surface area (Å²) in [6, 6.07) is 8.91. The molecule has 0 spiro atoms. The van der Waals surface area contributed by atoms with Crippen LogP contribution in [-0.4, -0.2) is 34.1 Å². The first kappa shape index (κ1) is 27.0. The zero-order chi connectivity index (χ0) is 26.7. The van der Waals surface area contributed by atoms with Crippen molar-refractivity contribution in [2.24, 2.45) is 5.41 Å². The second kappa shape index (κ2) is 10.6. The zero-order valence-corrected chi connectivity index (χ0v) is 20.3. The third-order valence-corrected chi connectivity index (χ3v) is 6.70. The lowest BCUT2D eigenvalue weighted by molar-refractivity contribution is -0.191. The second-order valence-corrected chi connectivity index (χ2v) is 8.75. The van der Waals surface area contributed by atoms with Crippen molar-refractivity contribution in [3.63, 3.8) is 0 Å². The van der Waals surface area contributed by atoms with Crippen molar-refractivity contribution < 1.29 is 37.4 Å². The van der Waals surface area contributed by atoms with Crippen LogP contribution in [0.3, 0.4) is 0 Å². The Hall–Kier alpha value is -3.56. The molecule has 1 unspecified atom stereocenters. The van der Waals surface area contributed by atoms with E-state index < -0.39 is 47.3 Å². The highest BCUT2D eigenvalue weighted by Crippen LogP contribution is 2.46. The highest BCUT2D eigenvalue weighted by Gasteiger charge is 2.63. The van der Waals surface area contributed by atoms with Gasteiger partial charge in [0, 0.05) is 0 Å². The Morgan fingerprint density at radius 3 is 2.11 bits per heavy atom. The Kier molecular flexibility index (Phi) is 7.96. The van der Waals surface area contributed by atoms with E-state index in [-0.39, 0.29) is 5.56 Å². The molecule has 2 aromatic carbocycles. The predicted molar refractivity (Wildman–Crippen MR) is 125 cm³/mol. The van der Waals surface area contributed by atoms with Crippen LogP contribution in [0.5, 0.6) is 5.75 Å². The fourth-order valence-corrected chi connectivity index (χ4v) is 4.44. The van der Waals surface area contributed by atoms with Crippen molar-refractivity contribution in [2.45, 2.75) is 64.9 Å². The third kappa shape index (κ3) is 5.17. The lowest BCUT2D eigenvalue weighted by atomic mass is 9.72. The summed E-state index contributed by atoms with van der Waals surface area (Å²) in [5.74, 6) is -1.20. The molecule has 2 atom stereocenters. The highest BCUT2D eigenvalue weighted by atomic mass is 19.4. The van der Waals surface area contributed by atoms with Gasteiger partial charge in [-0.3, -0.25) is 4.79 Å². The minimum absolute atomic E-state index is 0.0674. The van der Waals surface area contributed by atoms with Gasteiger partial charge in [0.25, 0.3) is 0 Å². The van der Waals surface area contributed by atoms with E-state index in [4.69, 9.17) is 9.84 Å². The number of rotatable bonds is 9. The summed E-state index contributed by atoms with van der Waals surface area (Å²) in [6.45, 7) is 5.52. The largest absolute Gasteiger partial charge is 0.478 e. The average molecular weight is 507 g/mol. The van der Waals surface area contributed by atoms with Crippen LogP contribution in [-0.2, 0) is 11.0 Å². The number of carbonyl (C=O) groups excluding carboxylic acids is 2. The Morgan fingerprint density at radius 1 is 1.06 bits per heavy atom. The molecule has 0 aliphatic carbocycles. The summed E-state index contributed by atoms with van der Waals surface area (Å²) in [7, 11) is 0. The number of β-lactam (4-membered cyclic amide) rings is 1. The number of nitrogens with one attached hydrogen (secondary N) is 1. The number of carboxylic acid groups (broad SMARTS) is 1. The van der Waals surface area contributed by atoms with Gasteiger partial charge in [-0.1, -0.05) is 39.3 Å². The fraction of sp³-hybridized carbons (Fsp3) is 0.423. The quantitative estimate of drug-likeness (QED) is 0.406. The number of benzene rings is 2. The lowest BCUT2D eigenvalue weighted by Crippen LogP contribution is -2.73. The smallest absolute Gasteiger partial charge is 0.416 e. The number of hydrogen-bond acceptors (Lipinski definition) is 4. The van der Waals surface area contributed by atoms with Gasteiger partial charge in [0.05, 0.1) is 17.2 Å². The van der Waals surface area contributed by atoms with E-state index >= 15 is 0 Å². The van der Waals surface area contributed by atoms with Crippen molar-refractivity contribution in [1.82, 2.24) is 10.2 Å². The summed E-state index contributed by atoms with van der Waals surface area (Å²) >= 11 is 0. The van der Waals surface area contributed by atoms with Crippen molar-refractivity contribution >= 4 is 17.9 Å². The van der Waals surface area contributed by atoms with Gasteiger partial charge in [-0.2, -0.15) is 13.2 Å². The fourth-order valence-electron chi connectivity index (χ4n) is 4.44. The van der Waals surface area contributed by atoms with E-state index in [1.54, 1.807) is 0 Å². The van der Waals surface area contributed by atoms with Crippen LogP contribution in [0.2, 0.25) is 0 Å².